The fraction of sp³-hybridized carbons (Fsp3) is 0.0909. The lowest BCUT2D eigenvalue weighted by Crippen LogP contribution is -2.18. The predicted molar refractivity (Wildman–Crippen MR) is 57.0 cm³/mol. The highest BCUT2D eigenvalue weighted by atomic mass is 19.4. The van der Waals surface area contributed by atoms with Crippen molar-refractivity contribution in [1.82, 2.24) is 9.97 Å². The molecule has 0 fully saturated rings. The van der Waals surface area contributed by atoms with Crippen LogP contribution in [-0.2, 0) is 0 Å². The van der Waals surface area contributed by atoms with E-state index >= 15 is 0 Å². The molecule has 0 unspecified atom stereocenters. The van der Waals surface area contributed by atoms with Crippen molar-refractivity contribution < 1.29 is 17.9 Å². The van der Waals surface area contributed by atoms with Gasteiger partial charge in [-0.25, -0.2) is 4.98 Å². The Morgan fingerprint density at radius 3 is 2.56 bits per heavy atom. The molecule has 0 bridgehead atoms. The zero-order valence-corrected chi connectivity index (χ0v) is 8.86. The van der Waals surface area contributed by atoms with Gasteiger partial charge in [0.05, 0.1) is 11.9 Å². The van der Waals surface area contributed by atoms with Crippen molar-refractivity contribution in [3.8, 4) is 16.9 Å². The minimum Gasteiger partial charge on any atom is -0.405 e. The molecule has 0 radical (unpaired) electrons. The second kappa shape index (κ2) is 4.52. The maximum absolute atomic E-state index is 12.2. The standard InChI is InChI=1S/C11H7F3N2O2/c12-11(13,14)18-9-4-2-1-3-7(9)8-5-15-6-16-10(8)17/h1-6H,(H,15,16,17). The van der Waals surface area contributed by atoms with Crippen LogP contribution < -0.4 is 10.3 Å². The molecule has 2 aromatic rings. The van der Waals surface area contributed by atoms with Gasteiger partial charge in [-0.15, -0.1) is 13.2 Å². The van der Waals surface area contributed by atoms with E-state index in [1.165, 1.54) is 24.4 Å². The molecular formula is C11H7F3N2O2. The summed E-state index contributed by atoms with van der Waals surface area (Å²) < 4.78 is 40.5. The monoisotopic (exact) mass is 256 g/mol. The van der Waals surface area contributed by atoms with Crippen LogP contribution in [-0.4, -0.2) is 16.3 Å². The first-order valence-electron chi connectivity index (χ1n) is 4.85. The Labute approximate surface area is 99.1 Å². The molecule has 0 aliphatic heterocycles. The van der Waals surface area contributed by atoms with Crippen LogP contribution in [0.4, 0.5) is 13.2 Å². The van der Waals surface area contributed by atoms with E-state index in [1.807, 2.05) is 0 Å². The normalized spacial score (nSPS) is 11.3. The highest BCUT2D eigenvalue weighted by Crippen LogP contribution is 2.31. The van der Waals surface area contributed by atoms with Gasteiger partial charge >= 0.3 is 6.36 Å². The van der Waals surface area contributed by atoms with Crippen molar-refractivity contribution in [3.05, 3.63) is 47.1 Å². The molecule has 0 atom stereocenters. The van der Waals surface area contributed by atoms with Gasteiger partial charge in [0, 0.05) is 11.8 Å². The SMILES string of the molecule is O=c1[nH]cncc1-c1ccccc1OC(F)(F)F. The summed E-state index contributed by atoms with van der Waals surface area (Å²) in [5, 5.41) is 0. The quantitative estimate of drug-likeness (QED) is 0.897. The molecule has 1 heterocycles. The summed E-state index contributed by atoms with van der Waals surface area (Å²) in [6, 6.07) is 5.38. The van der Waals surface area contributed by atoms with Gasteiger partial charge in [0.2, 0.25) is 0 Å². The summed E-state index contributed by atoms with van der Waals surface area (Å²) in [4.78, 5) is 17.5. The van der Waals surface area contributed by atoms with Gasteiger partial charge < -0.3 is 9.72 Å². The van der Waals surface area contributed by atoms with E-state index in [2.05, 4.69) is 14.7 Å². The van der Waals surface area contributed by atoms with Crippen molar-refractivity contribution in [2.24, 2.45) is 0 Å². The van der Waals surface area contributed by atoms with E-state index in [4.69, 9.17) is 0 Å². The summed E-state index contributed by atoms with van der Waals surface area (Å²) in [5.41, 5.74) is -0.496. The van der Waals surface area contributed by atoms with Crippen molar-refractivity contribution in [2.45, 2.75) is 6.36 Å². The summed E-state index contributed by atoms with van der Waals surface area (Å²) in [6.07, 6.45) is -2.48. The van der Waals surface area contributed by atoms with Crippen LogP contribution in [0.5, 0.6) is 5.75 Å². The van der Waals surface area contributed by atoms with E-state index in [1.54, 1.807) is 0 Å². The number of aromatic nitrogens is 2. The van der Waals surface area contributed by atoms with Crippen LogP contribution in [0.25, 0.3) is 11.1 Å². The summed E-state index contributed by atoms with van der Waals surface area (Å²) in [7, 11) is 0. The van der Waals surface area contributed by atoms with E-state index in [0.29, 0.717) is 0 Å². The third kappa shape index (κ3) is 2.68. The van der Waals surface area contributed by atoms with E-state index < -0.39 is 17.7 Å². The highest BCUT2D eigenvalue weighted by molar-refractivity contribution is 5.68. The Kier molecular flexibility index (Phi) is 3.05. The molecule has 18 heavy (non-hydrogen) atoms. The Balaban J connectivity index is 2.52. The predicted octanol–water partition coefficient (Wildman–Crippen LogP) is 2.34. The zero-order valence-electron chi connectivity index (χ0n) is 8.86. The van der Waals surface area contributed by atoms with Gasteiger partial charge in [-0.05, 0) is 6.07 Å². The van der Waals surface area contributed by atoms with E-state index in [9.17, 15) is 18.0 Å². The van der Waals surface area contributed by atoms with E-state index in [0.717, 1.165) is 12.4 Å². The lowest BCUT2D eigenvalue weighted by Gasteiger charge is -2.12. The van der Waals surface area contributed by atoms with Crippen molar-refractivity contribution >= 4 is 0 Å². The van der Waals surface area contributed by atoms with Crippen molar-refractivity contribution in [3.63, 3.8) is 0 Å². The number of H-pyrrole nitrogens is 1. The number of aromatic amines is 1. The molecule has 1 N–H and O–H groups in total. The number of halogens is 3. The summed E-state index contributed by atoms with van der Waals surface area (Å²) in [5.74, 6) is -0.441. The lowest BCUT2D eigenvalue weighted by atomic mass is 10.1. The minimum absolute atomic E-state index is 0.0114. The molecule has 7 heteroatoms. The first-order valence-corrected chi connectivity index (χ1v) is 4.85. The Morgan fingerprint density at radius 1 is 1.17 bits per heavy atom. The largest absolute Gasteiger partial charge is 0.573 e. The molecule has 0 saturated heterocycles. The average molecular weight is 256 g/mol. The number of hydrogen-bond donors (Lipinski definition) is 1. The molecule has 0 amide bonds. The molecule has 0 aliphatic carbocycles. The maximum Gasteiger partial charge on any atom is 0.573 e. The first-order chi connectivity index (χ1) is 8.47. The molecule has 4 nitrogen and oxygen atoms in total. The topological polar surface area (TPSA) is 55.0 Å². The molecule has 1 aromatic heterocycles. The van der Waals surface area contributed by atoms with Crippen LogP contribution in [0.2, 0.25) is 0 Å². The van der Waals surface area contributed by atoms with Crippen LogP contribution in [0, 0.1) is 0 Å². The summed E-state index contributed by atoms with van der Waals surface area (Å²) >= 11 is 0. The maximum atomic E-state index is 12.2. The van der Waals surface area contributed by atoms with E-state index in [-0.39, 0.29) is 11.1 Å². The van der Waals surface area contributed by atoms with Crippen LogP contribution in [0.3, 0.4) is 0 Å². The van der Waals surface area contributed by atoms with Crippen molar-refractivity contribution in [1.29, 1.82) is 0 Å². The molecule has 0 spiro atoms. The number of rotatable bonds is 2. The summed E-state index contributed by atoms with van der Waals surface area (Å²) in [6.45, 7) is 0. The van der Waals surface area contributed by atoms with Gasteiger partial charge in [0.25, 0.3) is 5.56 Å². The first kappa shape index (κ1) is 12.2. The van der Waals surface area contributed by atoms with Gasteiger partial charge in [0.15, 0.2) is 0 Å². The number of hydrogen-bond acceptors (Lipinski definition) is 3. The van der Waals surface area contributed by atoms with Crippen molar-refractivity contribution in [2.75, 3.05) is 0 Å². The van der Waals surface area contributed by atoms with Crippen LogP contribution in [0.1, 0.15) is 0 Å². The molecule has 94 valence electrons. The molecule has 0 saturated carbocycles. The number of ether oxygens (including phenoxy) is 1. The molecule has 1 aromatic carbocycles. The molecule has 0 aliphatic rings. The highest BCUT2D eigenvalue weighted by Gasteiger charge is 2.32. The lowest BCUT2D eigenvalue weighted by molar-refractivity contribution is -0.274. The fourth-order valence-corrected chi connectivity index (χ4v) is 1.44. The average Bonchev–Trinajstić information content (AvgIpc) is 2.29. The zero-order chi connectivity index (χ0) is 13.2. The van der Waals surface area contributed by atoms with Crippen LogP contribution in [0.15, 0.2) is 41.6 Å². The number of para-hydroxylation sites is 1. The smallest absolute Gasteiger partial charge is 0.405 e. The Hall–Kier alpha value is -2.31. The van der Waals surface area contributed by atoms with Gasteiger partial charge in [-0.3, -0.25) is 4.79 Å². The van der Waals surface area contributed by atoms with Gasteiger partial charge in [-0.2, -0.15) is 0 Å². The number of alkyl halides is 3. The second-order valence-corrected chi connectivity index (χ2v) is 3.34. The third-order valence-corrected chi connectivity index (χ3v) is 2.12. The number of nitrogens with one attached hydrogen (secondary N) is 1. The van der Waals surface area contributed by atoms with Gasteiger partial charge in [0.1, 0.15) is 5.75 Å². The second-order valence-electron chi connectivity index (χ2n) is 3.34. The Morgan fingerprint density at radius 2 is 1.89 bits per heavy atom. The number of nitrogens with zero attached hydrogens (tertiary/aromatic N) is 1. The molecule has 2 rings (SSSR count). The molecular weight excluding hydrogens is 249 g/mol. The fourth-order valence-electron chi connectivity index (χ4n) is 1.44. The van der Waals surface area contributed by atoms with Crippen LogP contribution >= 0.6 is 0 Å². The number of benzene rings is 1. The third-order valence-electron chi connectivity index (χ3n) is 2.12. The van der Waals surface area contributed by atoms with Gasteiger partial charge in [-0.1, -0.05) is 18.2 Å². The Bertz CT molecular complexity index is 607. The minimum atomic E-state index is -4.81.